The van der Waals surface area contributed by atoms with E-state index < -0.39 is 0 Å². The summed E-state index contributed by atoms with van der Waals surface area (Å²) in [5.41, 5.74) is 2.07. The number of ether oxygens (including phenoxy) is 1. The molecule has 2 heterocycles. The molecule has 8 nitrogen and oxygen atoms in total. The van der Waals surface area contributed by atoms with Crippen LogP contribution in [0.3, 0.4) is 0 Å². The first-order valence-electron chi connectivity index (χ1n) is 9.54. The number of aromatic nitrogens is 4. The van der Waals surface area contributed by atoms with Crippen LogP contribution in [-0.2, 0) is 17.9 Å². The van der Waals surface area contributed by atoms with Gasteiger partial charge >= 0.3 is 0 Å². The molecule has 0 aliphatic carbocycles. The number of nitrogens with zero attached hydrogens (tertiary/aromatic N) is 4. The standard InChI is InChI=1S/C22H21N5O3/c1-30-18-9-7-16(8-10-18)13-23-20(28)11-12-26-15-24-21-19(22(26)29)14-25-27(21)17-5-3-2-4-6-17/h2-10,14-15H,11-13H2,1H3,(H,23,28). The van der Waals surface area contributed by atoms with Crippen molar-refractivity contribution in [2.24, 2.45) is 0 Å². The van der Waals surface area contributed by atoms with Crippen LogP contribution in [0.5, 0.6) is 5.75 Å². The number of nitrogens with one attached hydrogen (secondary N) is 1. The molecule has 0 bridgehead atoms. The highest BCUT2D eigenvalue weighted by Crippen LogP contribution is 2.13. The van der Waals surface area contributed by atoms with Gasteiger partial charge in [-0.1, -0.05) is 30.3 Å². The van der Waals surface area contributed by atoms with E-state index in [9.17, 15) is 9.59 Å². The molecule has 152 valence electrons. The average Bonchev–Trinajstić information content (AvgIpc) is 3.23. The third-order valence-corrected chi connectivity index (χ3v) is 4.78. The number of carbonyl (C=O) groups excluding carboxylic acids is 1. The second-order valence-corrected chi connectivity index (χ2v) is 6.75. The molecule has 0 saturated heterocycles. The lowest BCUT2D eigenvalue weighted by Gasteiger charge is -2.08. The second kappa shape index (κ2) is 8.60. The quantitative estimate of drug-likeness (QED) is 0.511. The summed E-state index contributed by atoms with van der Waals surface area (Å²) in [7, 11) is 1.61. The molecule has 30 heavy (non-hydrogen) atoms. The molecule has 0 aliphatic heterocycles. The number of rotatable bonds is 7. The number of methoxy groups -OCH3 is 1. The molecule has 2 aromatic carbocycles. The fourth-order valence-corrected chi connectivity index (χ4v) is 3.12. The number of hydrogen-bond acceptors (Lipinski definition) is 5. The average molecular weight is 403 g/mol. The maximum atomic E-state index is 12.8. The molecule has 1 amide bonds. The lowest BCUT2D eigenvalue weighted by molar-refractivity contribution is -0.121. The van der Waals surface area contributed by atoms with E-state index >= 15 is 0 Å². The van der Waals surface area contributed by atoms with Gasteiger partial charge in [-0.05, 0) is 29.8 Å². The van der Waals surface area contributed by atoms with Gasteiger partial charge < -0.3 is 10.1 Å². The molecular formula is C22H21N5O3. The van der Waals surface area contributed by atoms with Gasteiger partial charge in [0.15, 0.2) is 5.65 Å². The first-order valence-corrected chi connectivity index (χ1v) is 9.54. The van der Waals surface area contributed by atoms with Crippen molar-refractivity contribution in [2.75, 3.05) is 7.11 Å². The maximum absolute atomic E-state index is 12.8. The Morgan fingerprint density at radius 3 is 2.60 bits per heavy atom. The number of para-hydroxylation sites is 1. The van der Waals surface area contributed by atoms with Gasteiger partial charge in [-0.25, -0.2) is 9.67 Å². The minimum atomic E-state index is -0.217. The van der Waals surface area contributed by atoms with Crippen molar-refractivity contribution in [3.8, 4) is 11.4 Å². The molecule has 0 unspecified atom stereocenters. The Hall–Kier alpha value is -3.94. The lowest BCUT2D eigenvalue weighted by atomic mass is 10.2. The predicted molar refractivity (Wildman–Crippen MR) is 113 cm³/mol. The van der Waals surface area contributed by atoms with Crippen molar-refractivity contribution in [1.29, 1.82) is 0 Å². The topological polar surface area (TPSA) is 91.0 Å². The van der Waals surface area contributed by atoms with E-state index in [0.29, 0.717) is 17.6 Å². The molecule has 0 spiro atoms. The number of amides is 1. The Morgan fingerprint density at radius 1 is 1.10 bits per heavy atom. The Morgan fingerprint density at radius 2 is 1.87 bits per heavy atom. The van der Waals surface area contributed by atoms with Gasteiger partial charge in [0.25, 0.3) is 5.56 Å². The van der Waals surface area contributed by atoms with Gasteiger partial charge in [-0.15, -0.1) is 0 Å². The number of benzene rings is 2. The van der Waals surface area contributed by atoms with E-state index in [2.05, 4.69) is 15.4 Å². The van der Waals surface area contributed by atoms with E-state index in [-0.39, 0.29) is 24.4 Å². The van der Waals surface area contributed by atoms with E-state index in [1.807, 2.05) is 54.6 Å². The van der Waals surface area contributed by atoms with Crippen LogP contribution < -0.4 is 15.6 Å². The largest absolute Gasteiger partial charge is 0.497 e. The monoisotopic (exact) mass is 403 g/mol. The van der Waals surface area contributed by atoms with E-state index in [1.165, 1.54) is 17.1 Å². The van der Waals surface area contributed by atoms with E-state index in [4.69, 9.17) is 4.74 Å². The van der Waals surface area contributed by atoms with Crippen molar-refractivity contribution in [2.45, 2.75) is 19.5 Å². The third-order valence-electron chi connectivity index (χ3n) is 4.78. The van der Waals surface area contributed by atoms with E-state index in [0.717, 1.165) is 17.0 Å². The van der Waals surface area contributed by atoms with Gasteiger partial charge in [0.2, 0.25) is 5.91 Å². The van der Waals surface area contributed by atoms with Crippen LogP contribution in [0.4, 0.5) is 0 Å². The van der Waals surface area contributed by atoms with Crippen molar-refractivity contribution in [1.82, 2.24) is 24.6 Å². The fraction of sp³-hybridized carbons (Fsp3) is 0.182. The zero-order valence-corrected chi connectivity index (χ0v) is 16.5. The smallest absolute Gasteiger partial charge is 0.264 e. The molecule has 1 N–H and O–H groups in total. The molecular weight excluding hydrogens is 382 g/mol. The highest BCUT2D eigenvalue weighted by Gasteiger charge is 2.12. The SMILES string of the molecule is COc1ccc(CNC(=O)CCn2cnc3c(cnn3-c3ccccc3)c2=O)cc1. The van der Waals surface area contributed by atoms with Crippen LogP contribution >= 0.6 is 0 Å². The van der Waals surface area contributed by atoms with Crippen LogP contribution in [0.1, 0.15) is 12.0 Å². The van der Waals surface area contributed by atoms with Crippen LogP contribution in [0, 0.1) is 0 Å². The summed E-state index contributed by atoms with van der Waals surface area (Å²) in [6, 6.07) is 17.0. The number of fused-ring (bicyclic) bond motifs is 1. The molecule has 0 atom stereocenters. The lowest BCUT2D eigenvalue weighted by Crippen LogP contribution is -2.27. The summed E-state index contributed by atoms with van der Waals surface area (Å²) in [6.45, 7) is 0.658. The summed E-state index contributed by atoms with van der Waals surface area (Å²) >= 11 is 0. The zero-order valence-electron chi connectivity index (χ0n) is 16.5. The maximum Gasteiger partial charge on any atom is 0.264 e. The molecule has 8 heteroatoms. The number of aryl methyl sites for hydroxylation is 1. The van der Waals surface area contributed by atoms with Crippen molar-refractivity contribution >= 4 is 16.9 Å². The summed E-state index contributed by atoms with van der Waals surface area (Å²) < 4.78 is 8.18. The Bertz CT molecular complexity index is 1210. The summed E-state index contributed by atoms with van der Waals surface area (Å²) in [5, 5.41) is 7.56. The summed E-state index contributed by atoms with van der Waals surface area (Å²) in [5.74, 6) is 0.626. The van der Waals surface area contributed by atoms with Gasteiger partial charge in [-0.3, -0.25) is 14.2 Å². The first-order chi connectivity index (χ1) is 14.7. The number of carbonyl (C=O) groups is 1. The van der Waals surface area contributed by atoms with Crippen molar-refractivity contribution in [3.05, 3.63) is 83.0 Å². The Labute approximate surface area is 172 Å². The predicted octanol–water partition coefficient (Wildman–Crippen LogP) is 2.30. The van der Waals surface area contributed by atoms with Crippen LogP contribution in [-0.4, -0.2) is 32.3 Å². The Kier molecular flexibility index (Phi) is 5.56. The number of hydrogen-bond donors (Lipinski definition) is 1. The van der Waals surface area contributed by atoms with Crippen LogP contribution in [0.15, 0.2) is 71.9 Å². The third kappa shape index (κ3) is 4.07. The molecule has 0 aliphatic rings. The van der Waals surface area contributed by atoms with Crippen LogP contribution in [0.25, 0.3) is 16.7 Å². The summed E-state index contributed by atoms with van der Waals surface area (Å²) in [6.07, 6.45) is 3.15. The highest BCUT2D eigenvalue weighted by atomic mass is 16.5. The molecule has 4 aromatic rings. The van der Waals surface area contributed by atoms with Crippen molar-refractivity contribution < 1.29 is 9.53 Å². The molecule has 4 rings (SSSR count). The zero-order chi connectivity index (χ0) is 20.9. The van der Waals surface area contributed by atoms with E-state index in [1.54, 1.807) is 11.8 Å². The van der Waals surface area contributed by atoms with Crippen LogP contribution in [0.2, 0.25) is 0 Å². The minimum absolute atomic E-state index is 0.141. The molecule has 0 saturated carbocycles. The Balaban J connectivity index is 1.41. The molecule has 0 radical (unpaired) electrons. The molecule has 2 aromatic heterocycles. The highest BCUT2D eigenvalue weighted by molar-refractivity contribution is 5.76. The summed E-state index contributed by atoms with van der Waals surface area (Å²) in [4.78, 5) is 29.3. The molecule has 0 fully saturated rings. The van der Waals surface area contributed by atoms with Gasteiger partial charge in [0.1, 0.15) is 11.1 Å². The van der Waals surface area contributed by atoms with Gasteiger partial charge in [0, 0.05) is 19.5 Å². The van der Waals surface area contributed by atoms with Gasteiger partial charge in [-0.2, -0.15) is 5.10 Å². The second-order valence-electron chi connectivity index (χ2n) is 6.75. The minimum Gasteiger partial charge on any atom is -0.497 e. The fourth-order valence-electron chi connectivity index (χ4n) is 3.12. The normalized spacial score (nSPS) is 10.8. The van der Waals surface area contributed by atoms with Crippen molar-refractivity contribution in [3.63, 3.8) is 0 Å². The first kappa shape index (κ1) is 19.4. The van der Waals surface area contributed by atoms with Gasteiger partial charge in [0.05, 0.1) is 25.3 Å².